The highest BCUT2D eigenvalue weighted by atomic mass is 32.1. The van der Waals surface area contributed by atoms with Crippen LogP contribution in [0.25, 0.3) is 0 Å². The molecule has 0 spiro atoms. The molecule has 1 amide bonds. The van der Waals surface area contributed by atoms with Gasteiger partial charge >= 0.3 is 0 Å². The Morgan fingerprint density at radius 3 is 2.78 bits per heavy atom. The molecule has 0 bridgehead atoms. The number of aryl methyl sites for hydroxylation is 1. The van der Waals surface area contributed by atoms with Crippen molar-refractivity contribution in [2.24, 2.45) is 0 Å². The Bertz CT molecular complexity index is 553. The highest BCUT2D eigenvalue weighted by Crippen LogP contribution is 2.21. The minimum atomic E-state index is -0.108. The summed E-state index contributed by atoms with van der Waals surface area (Å²) in [5.41, 5.74) is 3.10. The van der Waals surface area contributed by atoms with Crippen molar-refractivity contribution in [3.8, 4) is 0 Å². The van der Waals surface area contributed by atoms with Crippen LogP contribution in [0.3, 0.4) is 0 Å². The predicted octanol–water partition coefficient (Wildman–Crippen LogP) is 4.07. The SMILES string of the molecule is Cc1cc(C(=O)Nc2nccs2)ccc1C(C)C.[HH]. The minimum absolute atomic E-state index is 0. The zero-order valence-electron chi connectivity index (χ0n) is 10.7. The van der Waals surface area contributed by atoms with Crippen LogP contribution < -0.4 is 5.32 Å². The first-order chi connectivity index (χ1) is 8.58. The zero-order chi connectivity index (χ0) is 13.1. The van der Waals surface area contributed by atoms with E-state index < -0.39 is 0 Å². The summed E-state index contributed by atoms with van der Waals surface area (Å²) >= 11 is 1.42. The Morgan fingerprint density at radius 2 is 2.22 bits per heavy atom. The molecule has 0 atom stereocenters. The van der Waals surface area contributed by atoms with Crippen molar-refractivity contribution < 1.29 is 6.22 Å². The lowest BCUT2D eigenvalue weighted by Crippen LogP contribution is -2.12. The molecule has 0 aliphatic heterocycles. The number of carbonyl (C=O) groups excluding carboxylic acids is 1. The van der Waals surface area contributed by atoms with Crippen LogP contribution in [0.5, 0.6) is 0 Å². The lowest BCUT2D eigenvalue weighted by atomic mass is 9.96. The van der Waals surface area contributed by atoms with Gasteiger partial charge in [-0.2, -0.15) is 0 Å². The molecule has 0 aliphatic carbocycles. The van der Waals surface area contributed by atoms with Crippen molar-refractivity contribution in [3.63, 3.8) is 0 Å². The molecule has 0 radical (unpaired) electrons. The lowest BCUT2D eigenvalue weighted by molar-refractivity contribution is 0.102. The van der Waals surface area contributed by atoms with E-state index in [1.807, 2.05) is 30.5 Å². The molecule has 0 saturated carbocycles. The number of hydrogen-bond acceptors (Lipinski definition) is 3. The van der Waals surface area contributed by atoms with Gasteiger partial charge in [-0.3, -0.25) is 10.1 Å². The van der Waals surface area contributed by atoms with Gasteiger partial charge in [-0.25, -0.2) is 4.98 Å². The molecular formula is C14H18N2OS. The van der Waals surface area contributed by atoms with Gasteiger partial charge in [0.2, 0.25) is 0 Å². The van der Waals surface area contributed by atoms with Crippen LogP contribution >= 0.6 is 11.3 Å². The monoisotopic (exact) mass is 262 g/mol. The van der Waals surface area contributed by atoms with Gasteiger partial charge in [-0.05, 0) is 36.1 Å². The van der Waals surface area contributed by atoms with E-state index in [2.05, 4.69) is 24.1 Å². The van der Waals surface area contributed by atoms with Crippen LogP contribution in [0.2, 0.25) is 0 Å². The number of anilines is 1. The quantitative estimate of drug-likeness (QED) is 0.905. The minimum Gasteiger partial charge on any atom is -0.298 e. The average molecular weight is 262 g/mol. The Kier molecular flexibility index (Phi) is 3.77. The molecule has 4 heteroatoms. The van der Waals surface area contributed by atoms with E-state index in [4.69, 9.17) is 0 Å². The number of amides is 1. The Balaban J connectivity index is 0.00000180. The first-order valence-corrected chi connectivity index (χ1v) is 6.77. The number of carbonyl (C=O) groups is 1. The molecule has 1 N–H and O–H groups in total. The van der Waals surface area contributed by atoms with Gasteiger partial charge in [-0.15, -0.1) is 11.3 Å². The molecule has 2 rings (SSSR count). The number of thiazole rings is 1. The van der Waals surface area contributed by atoms with Crippen molar-refractivity contribution in [3.05, 3.63) is 46.5 Å². The lowest BCUT2D eigenvalue weighted by Gasteiger charge is -2.11. The molecular weight excluding hydrogens is 244 g/mol. The maximum absolute atomic E-state index is 12.0. The second kappa shape index (κ2) is 5.31. The summed E-state index contributed by atoms with van der Waals surface area (Å²) in [5.74, 6) is 0.365. The van der Waals surface area contributed by atoms with Crippen molar-refractivity contribution in [1.82, 2.24) is 4.98 Å². The maximum atomic E-state index is 12.0. The van der Waals surface area contributed by atoms with Gasteiger partial charge in [0.25, 0.3) is 5.91 Å². The smallest absolute Gasteiger partial charge is 0.257 e. The van der Waals surface area contributed by atoms with E-state index >= 15 is 0 Å². The van der Waals surface area contributed by atoms with Gasteiger partial charge in [0.05, 0.1) is 0 Å². The molecule has 0 fully saturated rings. The van der Waals surface area contributed by atoms with E-state index in [-0.39, 0.29) is 7.33 Å². The largest absolute Gasteiger partial charge is 0.298 e. The third-order valence-corrected chi connectivity index (χ3v) is 3.50. The van der Waals surface area contributed by atoms with Crippen molar-refractivity contribution in [1.29, 1.82) is 0 Å². The second-order valence-electron chi connectivity index (χ2n) is 4.52. The van der Waals surface area contributed by atoms with Gasteiger partial charge < -0.3 is 0 Å². The Morgan fingerprint density at radius 1 is 1.44 bits per heavy atom. The number of rotatable bonds is 3. The van der Waals surface area contributed by atoms with Gasteiger partial charge in [0.15, 0.2) is 5.13 Å². The predicted molar refractivity (Wildman–Crippen MR) is 77.4 cm³/mol. The average Bonchev–Trinajstić information content (AvgIpc) is 2.81. The number of nitrogens with one attached hydrogen (secondary N) is 1. The zero-order valence-corrected chi connectivity index (χ0v) is 11.5. The highest BCUT2D eigenvalue weighted by Gasteiger charge is 2.10. The number of benzene rings is 1. The maximum Gasteiger partial charge on any atom is 0.257 e. The van der Waals surface area contributed by atoms with Crippen molar-refractivity contribution >= 4 is 22.4 Å². The van der Waals surface area contributed by atoms with Crippen LogP contribution in [-0.2, 0) is 0 Å². The number of nitrogens with zero attached hydrogens (tertiary/aromatic N) is 1. The second-order valence-corrected chi connectivity index (χ2v) is 5.41. The van der Waals surface area contributed by atoms with Crippen LogP contribution in [0.4, 0.5) is 5.13 Å². The van der Waals surface area contributed by atoms with Crippen molar-refractivity contribution in [2.75, 3.05) is 5.32 Å². The third-order valence-electron chi connectivity index (χ3n) is 2.81. The van der Waals surface area contributed by atoms with E-state index in [9.17, 15) is 4.79 Å². The first-order valence-electron chi connectivity index (χ1n) is 5.89. The highest BCUT2D eigenvalue weighted by molar-refractivity contribution is 7.13. The molecule has 1 aromatic carbocycles. The molecule has 0 aliphatic rings. The fourth-order valence-corrected chi connectivity index (χ4v) is 2.44. The summed E-state index contributed by atoms with van der Waals surface area (Å²) in [7, 11) is 0. The molecule has 0 unspecified atom stereocenters. The molecule has 1 aromatic heterocycles. The van der Waals surface area contributed by atoms with Gasteiger partial charge in [0, 0.05) is 18.6 Å². The van der Waals surface area contributed by atoms with E-state index in [1.54, 1.807) is 6.20 Å². The van der Waals surface area contributed by atoms with Crippen molar-refractivity contribution in [2.45, 2.75) is 26.7 Å². The molecule has 1 heterocycles. The van der Waals surface area contributed by atoms with Crippen LogP contribution in [-0.4, -0.2) is 10.9 Å². The third kappa shape index (κ3) is 2.76. The van der Waals surface area contributed by atoms with Gasteiger partial charge in [-0.1, -0.05) is 19.9 Å². The molecule has 3 nitrogen and oxygen atoms in total. The molecule has 96 valence electrons. The standard InChI is InChI=1S/C14H16N2OS.H2/c1-9(2)12-5-4-11(8-10(12)3)13(17)16-14-15-6-7-18-14;/h4-9H,1-3H3,(H,15,16,17);1H. The molecule has 18 heavy (non-hydrogen) atoms. The van der Waals surface area contributed by atoms with E-state index in [0.717, 1.165) is 5.56 Å². The van der Waals surface area contributed by atoms with Crippen LogP contribution in [0.1, 0.15) is 42.7 Å². The summed E-state index contributed by atoms with van der Waals surface area (Å²) in [6.45, 7) is 6.34. The van der Waals surface area contributed by atoms with E-state index in [1.165, 1.54) is 16.9 Å². The summed E-state index contributed by atoms with van der Waals surface area (Å²) in [6.07, 6.45) is 1.67. The Labute approximate surface area is 112 Å². The summed E-state index contributed by atoms with van der Waals surface area (Å²) < 4.78 is 0. The van der Waals surface area contributed by atoms with E-state index in [0.29, 0.717) is 16.6 Å². The normalized spacial score (nSPS) is 10.7. The van der Waals surface area contributed by atoms with Crippen LogP contribution in [0.15, 0.2) is 29.8 Å². The van der Waals surface area contributed by atoms with Gasteiger partial charge in [0.1, 0.15) is 0 Å². The molecule has 0 saturated heterocycles. The summed E-state index contributed by atoms with van der Waals surface area (Å²) in [6, 6.07) is 5.82. The Hall–Kier alpha value is -1.68. The fraction of sp³-hybridized carbons (Fsp3) is 0.286. The first kappa shape index (κ1) is 12.8. The van der Waals surface area contributed by atoms with Crippen LogP contribution in [0, 0.1) is 6.92 Å². The number of aromatic nitrogens is 1. The summed E-state index contributed by atoms with van der Waals surface area (Å²) in [4.78, 5) is 16.0. The number of hydrogen-bond donors (Lipinski definition) is 1. The fourth-order valence-electron chi connectivity index (χ4n) is 1.92. The summed E-state index contributed by atoms with van der Waals surface area (Å²) in [5, 5.41) is 5.25. The topological polar surface area (TPSA) is 42.0 Å². The molecule has 2 aromatic rings.